The highest BCUT2D eigenvalue weighted by Gasteiger charge is 2.21. The van der Waals surface area contributed by atoms with Gasteiger partial charge in [-0.15, -0.1) is 0 Å². The summed E-state index contributed by atoms with van der Waals surface area (Å²) in [5.74, 6) is 2.01. The van der Waals surface area contributed by atoms with Crippen LogP contribution in [0.5, 0.6) is 5.75 Å². The average Bonchev–Trinajstić information content (AvgIpc) is 2.97. The van der Waals surface area contributed by atoms with Crippen molar-refractivity contribution in [3.63, 3.8) is 0 Å². The topological polar surface area (TPSA) is 35.2 Å². The van der Waals surface area contributed by atoms with Gasteiger partial charge in [0.25, 0.3) is 0 Å². The number of benzene rings is 1. The molecule has 0 aromatic heterocycles. The third-order valence-electron chi connectivity index (χ3n) is 4.72. The summed E-state index contributed by atoms with van der Waals surface area (Å²) < 4.78 is 5.87. The van der Waals surface area contributed by atoms with Crippen molar-refractivity contribution in [3.05, 3.63) is 29.3 Å². The summed E-state index contributed by atoms with van der Waals surface area (Å²) in [5, 5.41) is 0. The maximum atomic E-state index is 6.42. The summed E-state index contributed by atoms with van der Waals surface area (Å²) in [7, 11) is 0. The van der Waals surface area contributed by atoms with Crippen molar-refractivity contribution in [2.24, 2.45) is 11.7 Å². The van der Waals surface area contributed by atoms with Crippen LogP contribution in [0.15, 0.2) is 18.2 Å². The van der Waals surface area contributed by atoms with Crippen LogP contribution in [0, 0.1) is 5.92 Å². The van der Waals surface area contributed by atoms with Gasteiger partial charge < -0.3 is 10.5 Å². The van der Waals surface area contributed by atoms with Gasteiger partial charge in [0.15, 0.2) is 0 Å². The van der Waals surface area contributed by atoms with Gasteiger partial charge in [-0.05, 0) is 37.2 Å². The van der Waals surface area contributed by atoms with Crippen LogP contribution in [0.4, 0.5) is 0 Å². The summed E-state index contributed by atoms with van der Waals surface area (Å²) in [4.78, 5) is 0. The predicted molar refractivity (Wildman–Crippen MR) is 78.4 cm³/mol. The van der Waals surface area contributed by atoms with Gasteiger partial charge in [-0.2, -0.15) is 0 Å². The molecule has 1 heterocycles. The van der Waals surface area contributed by atoms with E-state index in [-0.39, 0.29) is 6.04 Å². The van der Waals surface area contributed by atoms with Crippen molar-refractivity contribution in [1.82, 2.24) is 0 Å². The van der Waals surface area contributed by atoms with E-state index in [1.165, 1.54) is 43.2 Å². The molecule has 1 fully saturated rings. The molecule has 104 valence electrons. The van der Waals surface area contributed by atoms with Crippen molar-refractivity contribution in [2.45, 2.75) is 57.4 Å². The first-order valence-corrected chi connectivity index (χ1v) is 7.85. The van der Waals surface area contributed by atoms with Crippen molar-refractivity contribution in [1.29, 1.82) is 0 Å². The predicted octanol–water partition coefficient (Wildman–Crippen LogP) is 3.98. The van der Waals surface area contributed by atoms with E-state index in [1.54, 1.807) is 0 Å². The molecule has 1 aromatic rings. The number of hydrogen-bond donors (Lipinski definition) is 1. The highest BCUT2D eigenvalue weighted by atomic mass is 16.5. The Morgan fingerprint density at radius 1 is 1.21 bits per heavy atom. The molecule has 1 atom stereocenters. The number of rotatable bonds is 4. The summed E-state index contributed by atoms with van der Waals surface area (Å²) >= 11 is 0. The molecule has 2 N–H and O–H groups in total. The molecule has 2 aliphatic rings. The van der Waals surface area contributed by atoms with E-state index < -0.39 is 0 Å². The van der Waals surface area contributed by atoms with E-state index in [1.807, 2.05) is 0 Å². The number of hydrogen-bond acceptors (Lipinski definition) is 2. The third-order valence-corrected chi connectivity index (χ3v) is 4.72. The van der Waals surface area contributed by atoms with E-state index in [0.717, 1.165) is 37.5 Å². The SMILES string of the molecule is NC(CCC1CCCC1)c1cccc2c1OCCC2. The lowest BCUT2D eigenvalue weighted by Gasteiger charge is -2.23. The Hall–Kier alpha value is -1.02. The molecule has 1 aromatic carbocycles. The van der Waals surface area contributed by atoms with Gasteiger partial charge in [-0.25, -0.2) is 0 Å². The van der Waals surface area contributed by atoms with Crippen molar-refractivity contribution in [2.75, 3.05) is 6.61 Å². The minimum Gasteiger partial charge on any atom is -0.493 e. The number of para-hydroxylation sites is 1. The molecule has 3 rings (SSSR count). The molecular formula is C17H25NO. The lowest BCUT2D eigenvalue weighted by molar-refractivity contribution is 0.282. The first kappa shape index (κ1) is 13.0. The van der Waals surface area contributed by atoms with Crippen LogP contribution >= 0.6 is 0 Å². The van der Waals surface area contributed by atoms with Crippen LogP contribution < -0.4 is 10.5 Å². The van der Waals surface area contributed by atoms with Gasteiger partial charge in [0.05, 0.1) is 6.61 Å². The average molecular weight is 259 g/mol. The lowest BCUT2D eigenvalue weighted by Crippen LogP contribution is -2.17. The quantitative estimate of drug-likeness (QED) is 0.887. The van der Waals surface area contributed by atoms with Crippen LogP contribution in [-0.4, -0.2) is 6.61 Å². The molecule has 0 saturated heterocycles. The number of fused-ring (bicyclic) bond motifs is 1. The van der Waals surface area contributed by atoms with Crippen molar-refractivity contribution in [3.8, 4) is 5.75 Å². The fraction of sp³-hybridized carbons (Fsp3) is 0.647. The van der Waals surface area contributed by atoms with E-state index in [2.05, 4.69) is 18.2 Å². The largest absolute Gasteiger partial charge is 0.493 e. The summed E-state index contributed by atoms with van der Waals surface area (Å²) in [6.45, 7) is 0.847. The van der Waals surface area contributed by atoms with Gasteiger partial charge in [0, 0.05) is 11.6 Å². The molecule has 1 aliphatic carbocycles. The molecule has 1 aliphatic heterocycles. The molecule has 0 amide bonds. The van der Waals surface area contributed by atoms with E-state index in [4.69, 9.17) is 10.5 Å². The zero-order valence-electron chi connectivity index (χ0n) is 11.7. The fourth-order valence-electron chi connectivity index (χ4n) is 3.58. The standard InChI is InChI=1S/C17H25NO/c18-16(11-10-13-5-1-2-6-13)15-9-3-7-14-8-4-12-19-17(14)15/h3,7,9,13,16H,1-2,4-6,8,10-12,18H2. The monoisotopic (exact) mass is 259 g/mol. The number of nitrogens with two attached hydrogens (primary N) is 1. The Kier molecular flexibility index (Phi) is 4.07. The molecule has 1 unspecified atom stereocenters. The number of ether oxygens (including phenoxy) is 1. The second-order valence-corrected chi connectivity index (χ2v) is 6.12. The van der Waals surface area contributed by atoms with Crippen LogP contribution in [-0.2, 0) is 6.42 Å². The summed E-state index contributed by atoms with van der Waals surface area (Å²) in [6.07, 6.45) is 10.3. The molecular weight excluding hydrogens is 234 g/mol. The Morgan fingerprint density at radius 3 is 2.89 bits per heavy atom. The third kappa shape index (κ3) is 2.94. The normalized spacial score (nSPS) is 20.9. The zero-order valence-corrected chi connectivity index (χ0v) is 11.7. The van der Waals surface area contributed by atoms with Gasteiger partial charge in [0.2, 0.25) is 0 Å². The maximum Gasteiger partial charge on any atom is 0.127 e. The van der Waals surface area contributed by atoms with Crippen LogP contribution in [0.1, 0.15) is 62.1 Å². The van der Waals surface area contributed by atoms with Crippen LogP contribution in [0.25, 0.3) is 0 Å². The number of aryl methyl sites for hydroxylation is 1. The van der Waals surface area contributed by atoms with Crippen molar-refractivity contribution >= 4 is 0 Å². The Labute approximate surface area is 116 Å². The van der Waals surface area contributed by atoms with Gasteiger partial charge >= 0.3 is 0 Å². The molecule has 2 heteroatoms. The minimum absolute atomic E-state index is 0.147. The van der Waals surface area contributed by atoms with Crippen LogP contribution in [0.3, 0.4) is 0 Å². The highest BCUT2D eigenvalue weighted by molar-refractivity contribution is 5.44. The van der Waals surface area contributed by atoms with E-state index in [9.17, 15) is 0 Å². The molecule has 19 heavy (non-hydrogen) atoms. The second-order valence-electron chi connectivity index (χ2n) is 6.12. The maximum absolute atomic E-state index is 6.42. The van der Waals surface area contributed by atoms with Gasteiger partial charge in [0.1, 0.15) is 5.75 Å². The summed E-state index contributed by atoms with van der Waals surface area (Å²) in [6, 6.07) is 6.62. The molecule has 2 nitrogen and oxygen atoms in total. The first-order chi connectivity index (χ1) is 9.34. The zero-order chi connectivity index (χ0) is 13.1. The first-order valence-electron chi connectivity index (χ1n) is 7.85. The molecule has 1 saturated carbocycles. The smallest absolute Gasteiger partial charge is 0.127 e. The van der Waals surface area contributed by atoms with E-state index >= 15 is 0 Å². The van der Waals surface area contributed by atoms with E-state index in [0.29, 0.717) is 0 Å². The Bertz CT molecular complexity index is 423. The molecule has 0 bridgehead atoms. The van der Waals surface area contributed by atoms with Gasteiger partial charge in [-0.3, -0.25) is 0 Å². The van der Waals surface area contributed by atoms with Crippen LogP contribution in [0.2, 0.25) is 0 Å². The molecule has 0 spiro atoms. The fourth-order valence-corrected chi connectivity index (χ4v) is 3.58. The highest BCUT2D eigenvalue weighted by Crippen LogP contribution is 2.36. The second kappa shape index (κ2) is 5.96. The summed E-state index contributed by atoms with van der Waals surface area (Å²) in [5.41, 5.74) is 9.00. The van der Waals surface area contributed by atoms with Gasteiger partial charge in [-0.1, -0.05) is 43.9 Å². The Balaban J connectivity index is 1.67. The lowest BCUT2D eigenvalue weighted by atomic mass is 9.92. The minimum atomic E-state index is 0.147. The Morgan fingerprint density at radius 2 is 2.05 bits per heavy atom. The van der Waals surface area contributed by atoms with Crippen molar-refractivity contribution < 1.29 is 4.74 Å². The molecule has 0 radical (unpaired) electrons.